The quantitative estimate of drug-likeness (QED) is 0.907. The van der Waals surface area contributed by atoms with Crippen LogP contribution in [0.2, 0.25) is 5.02 Å². The lowest BCUT2D eigenvalue weighted by molar-refractivity contribution is -0.134. The Morgan fingerprint density at radius 2 is 1.85 bits per heavy atom. The summed E-state index contributed by atoms with van der Waals surface area (Å²) in [6.45, 7) is 5.66. The summed E-state index contributed by atoms with van der Waals surface area (Å²) < 4.78 is 5.86. The van der Waals surface area contributed by atoms with Gasteiger partial charge in [0.15, 0.2) is 11.9 Å². The molecule has 0 aliphatic heterocycles. The highest BCUT2D eigenvalue weighted by atomic mass is 35.5. The molecule has 0 saturated heterocycles. The molecule has 0 saturated carbocycles. The molecule has 0 aliphatic rings. The number of aromatic nitrogens is 1. The summed E-state index contributed by atoms with van der Waals surface area (Å²) in [4.78, 5) is 15.6. The maximum atomic E-state index is 12.6. The number of halogens is 1. The van der Waals surface area contributed by atoms with Crippen LogP contribution in [-0.2, 0) is 4.79 Å². The molecule has 1 unspecified atom stereocenters. The number of benzene rings is 1. The summed E-state index contributed by atoms with van der Waals surface area (Å²) in [6.07, 6.45) is 1.13. The van der Waals surface area contributed by atoms with E-state index in [-0.39, 0.29) is 5.78 Å². The predicted molar refractivity (Wildman–Crippen MR) is 80.1 cm³/mol. The van der Waals surface area contributed by atoms with Gasteiger partial charge in [-0.3, -0.25) is 4.79 Å². The molecule has 0 spiro atoms. The molecule has 2 rings (SSSR count). The third-order valence-electron chi connectivity index (χ3n) is 2.95. The van der Waals surface area contributed by atoms with Crippen molar-refractivity contribution in [3.63, 3.8) is 0 Å². The third-order valence-corrected chi connectivity index (χ3v) is 3.20. The van der Waals surface area contributed by atoms with E-state index in [9.17, 15) is 4.79 Å². The SMILES string of the molecule is CC(C)(C)C(=O)C(Oc1ccc(Cl)cc1)c1ccc[nH]1. The van der Waals surface area contributed by atoms with Gasteiger partial charge in [-0.15, -0.1) is 0 Å². The van der Waals surface area contributed by atoms with Gasteiger partial charge in [0.2, 0.25) is 0 Å². The molecule has 106 valence electrons. The zero-order valence-corrected chi connectivity index (χ0v) is 12.6. The van der Waals surface area contributed by atoms with Gasteiger partial charge in [0, 0.05) is 16.6 Å². The number of H-pyrrole nitrogens is 1. The standard InChI is InChI=1S/C16H18ClNO2/c1-16(2,3)15(19)14(13-5-4-10-18-13)20-12-8-6-11(17)7-9-12/h4-10,14,18H,1-3H3. The number of carbonyl (C=O) groups excluding carboxylic acids is 1. The fourth-order valence-electron chi connectivity index (χ4n) is 1.81. The second-order valence-corrected chi connectivity index (χ2v) is 6.13. The lowest BCUT2D eigenvalue weighted by Crippen LogP contribution is -2.30. The minimum Gasteiger partial charge on any atom is -0.476 e. The van der Waals surface area contributed by atoms with E-state index in [2.05, 4.69) is 4.98 Å². The molecular formula is C16H18ClNO2. The van der Waals surface area contributed by atoms with Gasteiger partial charge in [-0.25, -0.2) is 0 Å². The molecule has 1 heterocycles. The summed E-state index contributed by atoms with van der Waals surface area (Å²) in [6, 6.07) is 10.7. The highest BCUT2D eigenvalue weighted by molar-refractivity contribution is 6.30. The molecule has 0 aliphatic carbocycles. The first-order valence-electron chi connectivity index (χ1n) is 6.48. The lowest BCUT2D eigenvalue weighted by Gasteiger charge is -2.24. The van der Waals surface area contributed by atoms with Crippen LogP contribution in [0.15, 0.2) is 42.6 Å². The highest BCUT2D eigenvalue weighted by Gasteiger charge is 2.33. The number of aromatic amines is 1. The number of carbonyl (C=O) groups is 1. The van der Waals surface area contributed by atoms with E-state index in [1.54, 1.807) is 30.5 Å². The number of nitrogens with one attached hydrogen (secondary N) is 1. The second kappa shape index (κ2) is 5.71. The van der Waals surface area contributed by atoms with E-state index in [0.29, 0.717) is 10.8 Å². The summed E-state index contributed by atoms with van der Waals surface area (Å²) >= 11 is 5.85. The smallest absolute Gasteiger partial charge is 0.197 e. The topological polar surface area (TPSA) is 42.1 Å². The van der Waals surface area contributed by atoms with Crippen molar-refractivity contribution in [2.24, 2.45) is 5.41 Å². The van der Waals surface area contributed by atoms with Crippen LogP contribution in [-0.4, -0.2) is 10.8 Å². The number of ether oxygens (including phenoxy) is 1. The van der Waals surface area contributed by atoms with Crippen molar-refractivity contribution in [1.29, 1.82) is 0 Å². The van der Waals surface area contributed by atoms with E-state index in [1.807, 2.05) is 32.9 Å². The fourth-order valence-corrected chi connectivity index (χ4v) is 1.93. The third kappa shape index (κ3) is 3.42. The number of hydrogen-bond donors (Lipinski definition) is 1. The Labute approximate surface area is 123 Å². The van der Waals surface area contributed by atoms with E-state index in [0.717, 1.165) is 5.69 Å². The van der Waals surface area contributed by atoms with Gasteiger partial charge in [0.25, 0.3) is 0 Å². The Bertz CT molecular complexity index is 568. The van der Waals surface area contributed by atoms with Crippen LogP contribution >= 0.6 is 11.6 Å². The molecule has 0 bridgehead atoms. The molecule has 0 fully saturated rings. The van der Waals surface area contributed by atoms with Crippen LogP contribution in [0, 0.1) is 5.41 Å². The Kier molecular flexibility index (Phi) is 4.19. The number of hydrogen-bond acceptors (Lipinski definition) is 2. The monoisotopic (exact) mass is 291 g/mol. The molecule has 4 heteroatoms. The van der Waals surface area contributed by atoms with E-state index >= 15 is 0 Å². The summed E-state index contributed by atoms with van der Waals surface area (Å²) in [5.41, 5.74) is 0.266. The highest BCUT2D eigenvalue weighted by Crippen LogP contribution is 2.29. The summed E-state index contributed by atoms with van der Waals surface area (Å²) in [5, 5.41) is 0.635. The van der Waals surface area contributed by atoms with Crippen LogP contribution in [0.5, 0.6) is 5.75 Å². The predicted octanol–water partition coefficient (Wildman–Crippen LogP) is 4.40. The Balaban J connectivity index is 2.28. The second-order valence-electron chi connectivity index (χ2n) is 5.69. The van der Waals surface area contributed by atoms with Gasteiger partial charge in [0.1, 0.15) is 5.75 Å². The number of ketones is 1. The molecular weight excluding hydrogens is 274 g/mol. The molecule has 1 N–H and O–H groups in total. The molecule has 0 radical (unpaired) electrons. The molecule has 1 aromatic heterocycles. The molecule has 1 atom stereocenters. The largest absolute Gasteiger partial charge is 0.476 e. The average molecular weight is 292 g/mol. The van der Waals surface area contributed by atoms with Crippen molar-refractivity contribution >= 4 is 17.4 Å². The van der Waals surface area contributed by atoms with Crippen molar-refractivity contribution in [3.05, 3.63) is 53.3 Å². The van der Waals surface area contributed by atoms with Crippen molar-refractivity contribution in [3.8, 4) is 5.75 Å². The minimum atomic E-state index is -0.647. The van der Waals surface area contributed by atoms with Crippen molar-refractivity contribution in [2.45, 2.75) is 26.9 Å². The minimum absolute atomic E-state index is 0.0231. The molecule has 20 heavy (non-hydrogen) atoms. The first kappa shape index (κ1) is 14.7. The van der Waals surface area contributed by atoms with Gasteiger partial charge in [-0.1, -0.05) is 32.4 Å². The van der Waals surface area contributed by atoms with Crippen molar-refractivity contribution < 1.29 is 9.53 Å². The number of rotatable bonds is 4. The first-order valence-corrected chi connectivity index (χ1v) is 6.85. The van der Waals surface area contributed by atoms with Crippen LogP contribution in [0.3, 0.4) is 0 Å². The van der Waals surface area contributed by atoms with Crippen LogP contribution in [0.1, 0.15) is 32.6 Å². The van der Waals surface area contributed by atoms with E-state index in [1.165, 1.54) is 0 Å². The molecule has 1 aromatic carbocycles. The summed E-state index contributed by atoms with van der Waals surface area (Å²) in [7, 11) is 0. The van der Waals surface area contributed by atoms with Crippen LogP contribution in [0.4, 0.5) is 0 Å². The van der Waals surface area contributed by atoms with Gasteiger partial charge < -0.3 is 9.72 Å². The maximum absolute atomic E-state index is 12.6. The first-order chi connectivity index (χ1) is 9.38. The molecule has 3 nitrogen and oxygen atoms in total. The fraction of sp³-hybridized carbons (Fsp3) is 0.312. The van der Waals surface area contributed by atoms with Crippen LogP contribution < -0.4 is 4.74 Å². The Hall–Kier alpha value is -1.74. The zero-order valence-electron chi connectivity index (χ0n) is 11.8. The lowest BCUT2D eigenvalue weighted by atomic mass is 9.86. The van der Waals surface area contributed by atoms with Gasteiger partial charge in [-0.2, -0.15) is 0 Å². The Morgan fingerprint density at radius 3 is 2.35 bits per heavy atom. The van der Waals surface area contributed by atoms with E-state index in [4.69, 9.17) is 16.3 Å². The molecule has 0 amide bonds. The summed E-state index contributed by atoms with van der Waals surface area (Å²) in [5.74, 6) is 0.640. The zero-order chi connectivity index (χ0) is 14.8. The Morgan fingerprint density at radius 1 is 1.20 bits per heavy atom. The van der Waals surface area contributed by atoms with Gasteiger partial charge in [0.05, 0.1) is 5.69 Å². The van der Waals surface area contributed by atoms with Crippen LogP contribution in [0.25, 0.3) is 0 Å². The van der Waals surface area contributed by atoms with Gasteiger partial charge >= 0.3 is 0 Å². The normalized spacial score (nSPS) is 13.0. The molecule has 2 aromatic rings. The average Bonchev–Trinajstić information content (AvgIpc) is 2.90. The van der Waals surface area contributed by atoms with Gasteiger partial charge in [-0.05, 0) is 36.4 Å². The maximum Gasteiger partial charge on any atom is 0.197 e. The van der Waals surface area contributed by atoms with E-state index < -0.39 is 11.5 Å². The van der Waals surface area contributed by atoms with Crippen molar-refractivity contribution in [2.75, 3.05) is 0 Å². The number of Topliss-reactive ketones (excluding diaryl/α,β-unsaturated/α-hetero) is 1. The van der Waals surface area contributed by atoms with Crippen molar-refractivity contribution in [1.82, 2.24) is 4.98 Å².